The smallest absolute Gasteiger partial charge is 0.160 e. The monoisotopic (exact) mass is 259 g/mol. The Labute approximate surface area is 108 Å². The normalized spacial score (nSPS) is 12.7. The number of anilines is 1. The lowest BCUT2D eigenvalue weighted by molar-refractivity contribution is 0.795. The van der Waals surface area contributed by atoms with Crippen molar-refractivity contribution in [2.24, 2.45) is 0 Å². The number of fused-ring (bicyclic) bond motifs is 1. The van der Waals surface area contributed by atoms with Gasteiger partial charge in [0.05, 0.1) is 11.6 Å². The summed E-state index contributed by atoms with van der Waals surface area (Å²) >= 11 is 1.78. The van der Waals surface area contributed by atoms with Gasteiger partial charge >= 0.3 is 0 Å². The van der Waals surface area contributed by atoms with Crippen molar-refractivity contribution >= 4 is 28.2 Å². The highest BCUT2D eigenvalue weighted by molar-refractivity contribution is 7.09. The van der Waals surface area contributed by atoms with Gasteiger partial charge in [-0.25, -0.2) is 9.97 Å². The van der Waals surface area contributed by atoms with Crippen LogP contribution in [0.5, 0.6) is 0 Å². The molecular weight excluding hydrogens is 246 g/mol. The summed E-state index contributed by atoms with van der Waals surface area (Å²) in [5.74, 6) is 0.831. The molecule has 1 atom stereocenters. The fourth-order valence-corrected chi connectivity index (χ4v) is 2.73. The number of aromatic amines is 1. The van der Waals surface area contributed by atoms with Gasteiger partial charge < -0.3 is 5.32 Å². The van der Waals surface area contributed by atoms with Crippen LogP contribution in [0.3, 0.4) is 0 Å². The Morgan fingerprint density at radius 2 is 2.39 bits per heavy atom. The van der Waals surface area contributed by atoms with Gasteiger partial charge in [0.25, 0.3) is 0 Å². The van der Waals surface area contributed by atoms with Crippen molar-refractivity contribution < 1.29 is 0 Å². The first-order valence-corrected chi connectivity index (χ1v) is 6.64. The van der Waals surface area contributed by atoms with Crippen LogP contribution in [0.1, 0.15) is 11.8 Å². The number of rotatable bonds is 4. The molecule has 0 saturated heterocycles. The third kappa shape index (κ3) is 2.19. The lowest BCUT2D eigenvalue weighted by Crippen LogP contribution is -2.18. The summed E-state index contributed by atoms with van der Waals surface area (Å²) in [5, 5.41) is 13.2. The van der Waals surface area contributed by atoms with E-state index >= 15 is 0 Å². The molecule has 0 bridgehead atoms. The highest BCUT2D eigenvalue weighted by Crippen LogP contribution is 2.18. The minimum absolute atomic E-state index is 0.316. The van der Waals surface area contributed by atoms with Crippen molar-refractivity contribution in [1.82, 2.24) is 20.2 Å². The largest absolute Gasteiger partial charge is 0.367 e. The first kappa shape index (κ1) is 11.2. The van der Waals surface area contributed by atoms with Crippen LogP contribution < -0.4 is 5.32 Å². The van der Waals surface area contributed by atoms with Crippen LogP contribution in [0.15, 0.2) is 30.0 Å². The number of thiophene rings is 1. The van der Waals surface area contributed by atoms with Crippen LogP contribution in [0, 0.1) is 0 Å². The Morgan fingerprint density at radius 3 is 3.22 bits per heavy atom. The van der Waals surface area contributed by atoms with E-state index in [0.29, 0.717) is 6.04 Å². The van der Waals surface area contributed by atoms with E-state index < -0.39 is 0 Å². The van der Waals surface area contributed by atoms with Crippen LogP contribution in [-0.2, 0) is 6.42 Å². The Balaban J connectivity index is 1.77. The van der Waals surface area contributed by atoms with Gasteiger partial charge in [-0.3, -0.25) is 5.10 Å². The summed E-state index contributed by atoms with van der Waals surface area (Å²) in [6.07, 6.45) is 4.28. The minimum Gasteiger partial charge on any atom is -0.367 e. The highest BCUT2D eigenvalue weighted by atomic mass is 32.1. The molecule has 0 aliphatic rings. The van der Waals surface area contributed by atoms with Gasteiger partial charge in [-0.1, -0.05) is 6.07 Å². The second-order valence-corrected chi connectivity index (χ2v) is 5.22. The summed E-state index contributed by atoms with van der Waals surface area (Å²) in [4.78, 5) is 9.76. The van der Waals surface area contributed by atoms with E-state index in [9.17, 15) is 0 Å². The molecule has 3 rings (SSSR count). The third-order valence-electron chi connectivity index (χ3n) is 2.72. The first-order chi connectivity index (χ1) is 8.83. The molecule has 0 radical (unpaired) electrons. The van der Waals surface area contributed by atoms with Gasteiger partial charge in [0, 0.05) is 17.3 Å². The predicted molar refractivity (Wildman–Crippen MR) is 72.8 cm³/mol. The van der Waals surface area contributed by atoms with Crippen LogP contribution in [-0.4, -0.2) is 26.2 Å². The Hall–Kier alpha value is -1.95. The summed E-state index contributed by atoms with van der Waals surface area (Å²) in [6.45, 7) is 2.15. The fourth-order valence-electron chi connectivity index (χ4n) is 1.89. The summed E-state index contributed by atoms with van der Waals surface area (Å²) in [5.41, 5.74) is 0.760. The zero-order valence-corrected chi connectivity index (χ0v) is 10.7. The van der Waals surface area contributed by atoms with E-state index in [2.05, 4.69) is 49.9 Å². The van der Waals surface area contributed by atoms with Gasteiger partial charge in [0.1, 0.15) is 12.1 Å². The maximum Gasteiger partial charge on any atom is 0.160 e. The van der Waals surface area contributed by atoms with Crippen LogP contribution in [0.25, 0.3) is 11.0 Å². The van der Waals surface area contributed by atoms with E-state index in [1.165, 1.54) is 4.88 Å². The number of aromatic nitrogens is 4. The molecule has 92 valence electrons. The zero-order chi connectivity index (χ0) is 12.4. The molecule has 3 aromatic rings. The molecule has 3 heterocycles. The SMILES string of the molecule is C[C@H](Cc1cccs1)Nc1ncnc2[nH]ncc12. The van der Waals surface area contributed by atoms with Crippen molar-refractivity contribution in [3.8, 4) is 0 Å². The maximum absolute atomic E-state index is 4.27. The van der Waals surface area contributed by atoms with Crippen molar-refractivity contribution in [2.45, 2.75) is 19.4 Å². The lowest BCUT2D eigenvalue weighted by atomic mass is 10.2. The van der Waals surface area contributed by atoms with Gasteiger partial charge in [-0.2, -0.15) is 5.10 Å². The summed E-state index contributed by atoms with van der Waals surface area (Å²) in [7, 11) is 0. The molecule has 6 heteroatoms. The van der Waals surface area contributed by atoms with Gasteiger partial charge in [-0.05, 0) is 18.4 Å². The Bertz CT molecular complexity index is 631. The average molecular weight is 259 g/mol. The van der Waals surface area contributed by atoms with Crippen LogP contribution in [0.2, 0.25) is 0 Å². The number of hydrogen-bond acceptors (Lipinski definition) is 5. The molecule has 18 heavy (non-hydrogen) atoms. The molecule has 0 saturated carbocycles. The second kappa shape index (κ2) is 4.73. The number of hydrogen-bond donors (Lipinski definition) is 2. The number of H-pyrrole nitrogens is 1. The zero-order valence-electron chi connectivity index (χ0n) is 9.92. The topological polar surface area (TPSA) is 66.5 Å². The molecule has 2 N–H and O–H groups in total. The van der Waals surface area contributed by atoms with E-state index in [1.54, 1.807) is 23.9 Å². The molecule has 0 amide bonds. The van der Waals surface area contributed by atoms with Gasteiger partial charge in [0.15, 0.2) is 5.65 Å². The van der Waals surface area contributed by atoms with Crippen molar-refractivity contribution in [3.05, 3.63) is 34.9 Å². The van der Waals surface area contributed by atoms with Crippen molar-refractivity contribution in [1.29, 1.82) is 0 Å². The fraction of sp³-hybridized carbons (Fsp3) is 0.250. The number of nitrogens with one attached hydrogen (secondary N) is 2. The van der Waals surface area contributed by atoms with E-state index in [4.69, 9.17) is 0 Å². The van der Waals surface area contributed by atoms with Crippen molar-refractivity contribution in [3.63, 3.8) is 0 Å². The maximum atomic E-state index is 4.27. The highest BCUT2D eigenvalue weighted by Gasteiger charge is 2.09. The molecule has 5 nitrogen and oxygen atoms in total. The van der Waals surface area contributed by atoms with E-state index in [0.717, 1.165) is 23.3 Å². The molecule has 0 unspecified atom stereocenters. The molecule has 0 fully saturated rings. The van der Waals surface area contributed by atoms with E-state index in [1.807, 2.05) is 0 Å². The molecule has 3 aromatic heterocycles. The molecule has 0 spiro atoms. The molecule has 0 aliphatic carbocycles. The van der Waals surface area contributed by atoms with E-state index in [-0.39, 0.29) is 0 Å². The average Bonchev–Trinajstić information content (AvgIpc) is 2.99. The van der Waals surface area contributed by atoms with Crippen LogP contribution in [0.4, 0.5) is 5.82 Å². The second-order valence-electron chi connectivity index (χ2n) is 4.18. The molecule has 0 aromatic carbocycles. The summed E-state index contributed by atoms with van der Waals surface area (Å²) < 4.78 is 0. The summed E-state index contributed by atoms with van der Waals surface area (Å²) in [6, 6.07) is 4.54. The molecular formula is C12H13N5S. The third-order valence-corrected chi connectivity index (χ3v) is 3.62. The first-order valence-electron chi connectivity index (χ1n) is 5.76. The van der Waals surface area contributed by atoms with Crippen LogP contribution >= 0.6 is 11.3 Å². The minimum atomic E-state index is 0.316. The quantitative estimate of drug-likeness (QED) is 0.755. The Morgan fingerprint density at radius 1 is 1.44 bits per heavy atom. The van der Waals surface area contributed by atoms with Crippen molar-refractivity contribution in [2.75, 3.05) is 5.32 Å². The number of nitrogens with zero attached hydrogens (tertiary/aromatic N) is 3. The van der Waals surface area contributed by atoms with Gasteiger partial charge in [-0.15, -0.1) is 11.3 Å². The predicted octanol–water partition coefficient (Wildman–Crippen LogP) is 2.46. The Kier molecular flexibility index (Phi) is 2.93. The van der Waals surface area contributed by atoms with Gasteiger partial charge in [0.2, 0.25) is 0 Å². The molecule has 0 aliphatic heterocycles. The standard InChI is InChI=1S/C12H13N5S/c1-8(5-9-3-2-4-18-9)16-11-10-6-15-17-12(10)14-7-13-11/h2-4,6-8H,5H2,1H3,(H2,13,14,15,16,17)/t8-/m1/s1. The lowest BCUT2D eigenvalue weighted by Gasteiger charge is -2.13.